The fourth-order valence-corrected chi connectivity index (χ4v) is 2.84. The van der Waals surface area contributed by atoms with Crippen molar-refractivity contribution in [2.75, 3.05) is 13.2 Å². The number of hydrogen-bond acceptors (Lipinski definition) is 7. The van der Waals surface area contributed by atoms with E-state index in [0.717, 1.165) is 0 Å². The molecule has 0 aromatic heterocycles. The van der Waals surface area contributed by atoms with Gasteiger partial charge in [0, 0.05) is 6.92 Å². The number of benzene rings is 2. The summed E-state index contributed by atoms with van der Waals surface area (Å²) >= 11 is 0. The maximum Gasteiger partial charge on any atom is 0.338 e. The van der Waals surface area contributed by atoms with Crippen LogP contribution in [0.15, 0.2) is 60.7 Å². The van der Waals surface area contributed by atoms with Gasteiger partial charge < -0.3 is 18.9 Å². The van der Waals surface area contributed by atoms with E-state index in [9.17, 15) is 14.4 Å². The van der Waals surface area contributed by atoms with Crippen molar-refractivity contribution in [2.24, 2.45) is 0 Å². The van der Waals surface area contributed by atoms with Gasteiger partial charge in [-0.1, -0.05) is 43.3 Å². The second-order valence-electron chi connectivity index (χ2n) is 6.95. The van der Waals surface area contributed by atoms with E-state index >= 15 is 0 Å². The van der Waals surface area contributed by atoms with Crippen molar-refractivity contribution in [2.45, 2.75) is 45.5 Å². The molecule has 7 heteroatoms. The maximum atomic E-state index is 12.3. The Bertz CT molecular complexity index is 836. The average Bonchev–Trinajstić information content (AvgIpc) is 2.79. The van der Waals surface area contributed by atoms with Crippen LogP contribution >= 0.6 is 0 Å². The summed E-state index contributed by atoms with van der Waals surface area (Å²) in [6.07, 6.45) is -1.22. The molecule has 31 heavy (non-hydrogen) atoms. The van der Waals surface area contributed by atoms with Crippen LogP contribution in [0.4, 0.5) is 0 Å². The van der Waals surface area contributed by atoms with Crippen LogP contribution in [0.2, 0.25) is 0 Å². The van der Waals surface area contributed by atoms with Crippen molar-refractivity contribution < 1.29 is 33.3 Å². The highest BCUT2D eigenvalue weighted by atomic mass is 16.6. The molecule has 2 aromatic rings. The fraction of sp³-hybridized carbons (Fsp3) is 0.375. The van der Waals surface area contributed by atoms with Gasteiger partial charge in [0.15, 0.2) is 0 Å². The Balaban J connectivity index is 1.98. The summed E-state index contributed by atoms with van der Waals surface area (Å²) in [5, 5.41) is 0. The summed E-state index contributed by atoms with van der Waals surface area (Å²) in [4.78, 5) is 35.8. The normalized spacial score (nSPS) is 13.5. The van der Waals surface area contributed by atoms with Gasteiger partial charge in [0.1, 0.15) is 25.4 Å². The van der Waals surface area contributed by atoms with E-state index in [1.54, 1.807) is 61.5 Å². The molecule has 0 heterocycles. The first-order valence-electron chi connectivity index (χ1n) is 10.2. The predicted octanol–water partition coefficient (Wildman–Crippen LogP) is 3.82. The van der Waals surface area contributed by atoms with Gasteiger partial charge in [-0.25, -0.2) is 9.59 Å². The smallest absolute Gasteiger partial charge is 0.338 e. The molecule has 1 unspecified atom stereocenters. The number of ether oxygens (including phenoxy) is 4. The average molecular weight is 428 g/mol. The number of rotatable bonds is 11. The molecule has 0 aliphatic carbocycles. The molecule has 0 N–H and O–H groups in total. The second-order valence-corrected chi connectivity index (χ2v) is 6.95. The summed E-state index contributed by atoms with van der Waals surface area (Å²) in [5.74, 6) is -1.43. The minimum atomic E-state index is -0.709. The van der Waals surface area contributed by atoms with E-state index in [0.29, 0.717) is 17.5 Å². The summed E-state index contributed by atoms with van der Waals surface area (Å²) in [6, 6.07) is 17.2. The van der Waals surface area contributed by atoms with Crippen molar-refractivity contribution in [1.29, 1.82) is 0 Å². The number of carbonyl (C=O) groups excluding carboxylic acids is 3. The predicted molar refractivity (Wildman–Crippen MR) is 114 cm³/mol. The van der Waals surface area contributed by atoms with E-state index in [-0.39, 0.29) is 13.2 Å². The monoisotopic (exact) mass is 428 g/mol. The molecular formula is C24H28O7. The van der Waals surface area contributed by atoms with Crippen molar-refractivity contribution in [3.8, 4) is 0 Å². The third-order valence-corrected chi connectivity index (χ3v) is 4.48. The quantitative estimate of drug-likeness (QED) is 0.397. The van der Waals surface area contributed by atoms with Crippen LogP contribution in [0.25, 0.3) is 0 Å². The summed E-state index contributed by atoms with van der Waals surface area (Å²) in [5.41, 5.74) is 0.850. The molecule has 0 bridgehead atoms. The van der Waals surface area contributed by atoms with Crippen molar-refractivity contribution in [3.63, 3.8) is 0 Å². The molecule has 0 saturated carbocycles. The summed E-state index contributed by atoms with van der Waals surface area (Å²) in [7, 11) is 0. The largest absolute Gasteiger partial charge is 0.463 e. The summed E-state index contributed by atoms with van der Waals surface area (Å²) in [6.45, 7) is 4.70. The summed E-state index contributed by atoms with van der Waals surface area (Å²) < 4.78 is 21.9. The molecule has 0 radical (unpaired) electrons. The highest BCUT2D eigenvalue weighted by molar-refractivity contribution is 5.89. The molecule has 0 spiro atoms. The molecule has 0 saturated heterocycles. The molecule has 0 amide bonds. The van der Waals surface area contributed by atoms with Gasteiger partial charge in [-0.2, -0.15) is 0 Å². The van der Waals surface area contributed by atoms with E-state index < -0.39 is 36.2 Å². The van der Waals surface area contributed by atoms with E-state index in [4.69, 9.17) is 18.9 Å². The first kappa shape index (κ1) is 24.1. The molecule has 0 aliphatic rings. The molecule has 166 valence electrons. The zero-order valence-corrected chi connectivity index (χ0v) is 18.0. The zero-order valence-electron chi connectivity index (χ0n) is 18.0. The lowest BCUT2D eigenvalue weighted by molar-refractivity contribution is -0.152. The van der Waals surface area contributed by atoms with Gasteiger partial charge in [0.25, 0.3) is 0 Å². The van der Waals surface area contributed by atoms with E-state index in [2.05, 4.69) is 0 Å². The van der Waals surface area contributed by atoms with Gasteiger partial charge >= 0.3 is 17.9 Å². The topological polar surface area (TPSA) is 88.1 Å². The Morgan fingerprint density at radius 2 is 1.32 bits per heavy atom. The Labute approximate surface area is 182 Å². The van der Waals surface area contributed by atoms with Crippen LogP contribution in [0.3, 0.4) is 0 Å². The molecule has 0 aliphatic heterocycles. The van der Waals surface area contributed by atoms with Crippen LogP contribution in [0.1, 0.15) is 47.9 Å². The van der Waals surface area contributed by atoms with Gasteiger partial charge in [-0.05, 0) is 37.6 Å². The van der Waals surface area contributed by atoms with Crippen LogP contribution in [0.5, 0.6) is 0 Å². The molecule has 7 nitrogen and oxygen atoms in total. The Hall–Kier alpha value is -3.19. The van der Waals surface area contributed by atoms with Crippen LogP contribution in [-0.4, -0.2) is 49.4 Å². The third-order valence-electron chi connectivity index (χ3n) is 4.48. The minimum Gasteiger partial charge on any atom is -0.463 e. The maximum absolute atomic E-state index is 12.3. The Kier molecular flexibility index (Phi) is 9.71. The van der Waals surface area contributed by atoms with Gasteiger partial charge in [0.2, 0.25) is 0 Å². The lowest BCUT2D eigenvalue weighted by atomic mass is 10.1. The zero-order chi connectivity index (χ0) is 22.6. The highest BCUT2D eigenvalue weighted by Gasteiger charge is 2.26. The molecule has 2 rings (SSSR count). The fourth-order valence-electron chi connectivity index (χ4n) is 2.84. The Morgan fingerprint density at radius 1 is 0.806 bits per heavy atom. The van der Waals surface area contributed by atoms with Crippen LogP contribution in [-0.2, 0) is 23.7 Å². The lowest BCUT2D eigenvalue weighted by Crippen LogP contribution is -2.38. The first-order valence-corrected chi connectivity index (χ1v) is 10.2. The van der Waals surface area contributed by atoms with Gasteiger partial charge in [-0.15, -0.1) is 0 Å². The number of esters is 3. The van der Waals surface area contributed by atoms with Crippen LogP contribution < -0.4 is 0 Å². The molecule has 2 aromatic carbocycles. The van der Waals surface area contributed by atoms with E-state index in [1.807, 2.05) is 13.0 Å². The third kappa shape index (κ3) is 8.22. The number of hydrogen-bond donors (Lipinski definition) is 0. The molecule has 0 fully saturated rings. The van der Waals surface area contributed by atoms with Gasteiger partial charge in [-0.3, -0.25) is 4.79 Å². The highest BCUT2D eigenvalue weighted by Crippen LogP contribution is 2.15. The van der Waals surface area contributed by atoms with Crippen LogP contribution in [0, 0.1) is 0 Å². The SMILES string of the molecule is CC[C@H](OC(COC(C)=O)COC(=O)c1ccccc1)[C@@H](C)OC(=O)c1ccccc1. The number of carbonyl (C=O) groups is 3. The molecular weight excluding hydrogens is 400 g/mol. The standard InChI is InChI=1S/C24H28O7/c1-4-22(17(2)30-24(27)20-13-9-6-10-14-20)31-21(15-28-18(3)25)16-29-23(26)19-11-7-5-8-12-19/h5-14,17,21-22H,4,15-16H2,1-3H3/t17-,21?,22+/m1/s1. The van der Waals surface area contributed by atoms with Crippen molar-refractivity contribution in [1.82, 2.24) is 0 Å². The van der Waals surface area contributed by atoms with E-state index in [1.165, 1.54) is 6.92 Å². The second kappa shape index (κ2) is 12.5. The Morgan fingerprint density at radius 3 is 1.84 bits per heavy atom. The van der Waals surface area contributed by atoms with Crippen molar-refractivity contribution >= 4 is 17.9 Å². The van der Waals surface area contributed by atoms with Gasteiger partial charge in [0.05, 0.1) is 17.2 Å². The minimum absolute atomic E-state index is 0.0900. The van der Waals surface area contributed by atoms with Crippen molar-refractivity contribution in [3.05, 3.63) is 71.8 Å². The first-order chi connectivity index (χ1) is 14.9. The molecule has 3 atom stereocenters. The lowest BCUT2D eigenvalue weighted by Gasteiger charge is -2.28.